The van der Waals surface area contributed by atoms with Crippen molar-refractivity contribution in [2.75, 3.05) is 6.61 Å². The van der Waals surface area contributed by atoms with Crippen molar-refractivity contribution >= 4 is 28.5 Å². The lowest BCUT2D eigenvalue weighted by Crippen LogP contribution is -2.23. The maximum atomic E-state index is 12.0. The van der Waals surface area contributed by atoms with Gasteiger partial charge in [0.2, 0.25) is 0 Å². The fourth-order valence-electron chi connectivity index (χ4n) is 3.93. The summed E-state index contributed by atoms with van der Waals surface area (Å²) < 4.78 is 7.12. The van der Waals surface area contributed by atoms with E-state index in [1.807, 2.05) is 54.3 Å². The summed E-state index contributed by atoms with van der Waals surface area (Å²) >= 11 is 6.03. The van der Waals surface area contributed by atoms with Crippen molar-refractivity contribution < 1.29 is 9.53 Å². The number of hydrogen-bond donors (Lipinski definition) is 0. The SMILES string of the molecule is CCOC(=O)C1CCC(c2nn(-c3ccc(Cl)cc3)c3cnccc23)CC1. The second kappa shape index (κ2) is 7.69. The maximum Gasteiger partial charge on any atom is 0.308 e. The van der Waals surface area contributed by atoms with E-state index >= 15 is 0 Å². The highest BCUT2D eigenvalue weighted by Crippen LogP contribution is 2.39. The van der Waals surface area contributed by atoms with Gasteiger partial charge in [-0.15, -0.1) is 0 Å². The quantitative estimate of drug-likeness (QED) is 0.600. The average molecular weight is 384 g/mol. The molecule has 0 bridgehead atoms. The predicted molar refractivity (Wildman–Crippen MR) is 105 cm³/mol. The Bertz CT molecular complexity index is 944. The number of pyridine rings is 1. The molecule has 5 nitrogen and oxygen atoms in total. The Hall–Kier alpha value is -2.40. The van der Waals surface area contributed by atoms with Crippen molar-refractivity contribution in [3.8, 4) is 5.69 Å². The van der Waals surface area contributed by atoms with Crippen LogP contribution >= 0.6 is 11.6 Å². The molecule has 2 aromatic heterocycles. The van der Waals surface area contributed by atoms with Crippen molar-refractivity contribution in [3.63, 3.8) is 0 Å². The first-order valence-corrected chi connectivity index (χ1v) is 9.80. The van der Waals surface area contributed by atoms with Gasteiger partial charge < -0.3 is 4.74 Å². The molecule has 1 aliphatic rings. The van der Waals surface area contributed by atoms with Crippen LogP contribution in [0.2, 0.25) is 5.02 Å². The molecule has 0 atom stereocenters. The first kappa shape index (κ1) is 18.0. The summed E-state index contributed by atoms with van der Waals surface area (Å²) in [7, 11) is 0. The van der Waals surface area contributed by atoms with Crippen LogP contribution < -0.4 is 0 Å². The fraction of sp³-hybridized carbons (Fsp3) is 0.381. The maximum absolute atomic E-state index is 12.0. The normalized spacial score (nSPS) is 19.9. The van der Waals surface area contributed by atoms with Gasteiger partial charge in [0.1, 0.15) is 0 Å². The van der Waals surface area contributed by atoms with Gasteiger partial charge in [0.15, 0.2) is 0 Å². The minimum absolute atomic E-state index is 0.0208. The molecule has 1 saturated carbocycles. The molecule has 1 aliphatic carbocycles. The van der Waals surface area contributed by atoms with Crippen LogP contribution in [0.3, 0.4) is 0 Å². The number of esters is 1. The highest BCUT2D eigenvalue weighted by molar-refractivity contribution is 6.30. The molecule has 6 heteroatoms. The second-order valence-electron chi connectivity index (χ2n) is 6.97. The third-order valence-electron chi connectivity index (χ3n) is 5.32. The highest BCUT2D eigenvalue weighted by Gasteiger charge is 2.30. The lowest BCUT2D eigenvalue weighted by Gasteiger charge is -2.26. The molecule has 0 aliphatic heterocycles. The van der Waals surface area contributed by atoms with Crippen LogP contribution in [0.1, 0.15) is 44.2 Å². The van der Waals surface area contributed by atoms with Crippen molar-refractivity contribution in [1.82, 2.24) is 14.8 Å². The Balaban J connectivity index is 1.63. The van der Waals surface area contributed by atoms with Gasteiger partial charge in [0.25, 0.3) is 0 Å². The molecule has 0 spiro atoms. The molecule has 27 heavy (non-hydrogen) atoms. The zero-order valence-corrected chi connectivity index (χ0v) is 16.0. The van der Waals surface area contributed by atoms with Crippen LogP contribution in [0, 0.1) is 5.92 Å². The van der Waals surface area contributed by atoms with Gasteiger partial charge in [-0.2, -0.15) is 5.10 Å². The van der Waals surface area contributed by atoms with Gasteiger partial charge in [-0.3, -0.25) is 9.78 Å². The lowest BCUT2D eigenvalue weighted by atomic mass is 9.80. The van der Waals surface area contributed by atoms with Gasteiger partial charge in [-0.1, -0.05) is 11.6 Å². The van der Waals surface area contributed by atoms with Crippen molar-refractivity contribution in [2.24, 2.45) is 5.92 Å². The molecule has 3 aromatic rings. The molecule has 1 fully saturated rings. The zero-order valence-electron chi connectivity index (χ0n) is 15.3. The van der Waals surface area contributed by atoms with E-state index in [2.05, 4.69) is 4.98 Å². The van der Waals surface area contributed by atoms with E-state index in [1.165, 1.54) is 0 Å². The minimum atomic E-state index is -0.0586. The molecule has 1 aromatic carbocycles. The fourth-order valence-corrected chi connectivity index (χ4v) is 4.06. The summed E-state index contributed by atoms with van der Waals surface area (Å²) in [4.78, 5) is 16.3. The van der Waals surface area contributed by atoms with Gasteiger partial charge >= 0.3 is 5.97 Å². The van der Waals surface area contributed by atoms with E-state index in [0.717, 1.165) is 48.0 Å². The number of nitrogens with zero attached hydrogens (tertiary/aromatic N) is 3. The molecule has 2 heterocycles. The Morgan fingerprint density at radius 2 is 1.93 bits per heavy atom. The summed E-state index contributed by atoms with van der Waals surface area (Å²) in [5.74, 6) is 0.304. The first-order valence-electron chi connectivity index (χ1n) is 9.42. The van der Waals surface area contributed by atoms with Crippen LogP contribution in [0.15, 0.2) is 42.7 Å². The summed E-state index contributed by atoms with van der Waals surface area (Å²) in [5, 5.41) is 6.76. The van der Waals surface area contributed by atoms with Gasteiger partial charge in [0.05, 0.1) is 35.6 Å². The number of ether oxygens (including phenoxy) is 1. The third kappa shape index (κ3) is 3.56. The van der Waals surface area contributed by atoms with Crippen LogP contribution in [0.4, 0.5) is 0 Å². The monoisotopic (exact) mass is 383 g/mol. The van der Waals surface area contributed by atoms with Gasteiger partial charge in [-0.05, 0) is 62.9 Å². The average Bonchev–Trinajstić information content (AvgIpc) is 3.09. The van der Waals surface area contributed by atoms with Crippen molar-refractivity contribution in [1.29, 1.82) is 0 Å². The van der Waals surface area contributed by atoms with E-state index in [-0.39, 0.29) is 11.9 Å². The van der Waals surface area contributed by atoms with Crippen molar-refractivity contribution in [3.05, 3.63) is 53.4 Å². The Morgan fingerprint density at radius 3 is 2.63 bits per heavy atom. The molecule has 4 rings (SSSR count). The number of hydrogen-bond acceptors (Lipinski definition) is 4. The number of fused-ring (bicyclic) bond motifs is 1. The third-order valence-corrected chi connectivity index (χ3v) is 5.57. The van der Waals surface area contributed by atoms with E-state index in [9.17, 15) is 4.79 Å². The minimum Gasteiger partial charge on any atom is -0.466 e. The number of benzene rings is 1. The van der Waals surface area contributed by atoms with Gasteiger partial charge in [0, 0.05) is 22.5 Å². The predicted octanol–water partition coefficient (Wildman–Crippen LogP) is 4.91. The van der Waals surface area contributed by atoms with Crippen molar-refractivity contribution in [2.45, 2.75) is 38.5 Å². The number of carbonyl (C=O) groups is 1. The Kier molecular flexibility index (Phi) is 5.12. The molecular formula is C21H22ClN3O2. The van der Waals surface area contributed by atoms with E-state index in [4.69, 9.17) is 21.4 Å². The van der Waals surface area contributed by atoms with E-state index in [0.29, 0.717) is 17.5 Å². The topological polar surface area (TPSA) is 57.0 Å². The number of carbonyl (C=O) groups excluding carboxylic acids is 1. The molecular weight excluding hydrogens is 362 g/mol. The molecule has 140 valence electrons. The van der Waals surface area contributed by atoms with E-state index in [1.54, 1.807) is 0 Å². The van der Waals surface area contributed by atoms with Crippen LogP contribution in [-0.4, -0.2) is 27.3 Å². The molecule has 0 amide bonds. The van der Waals surface area contributed by atoms with Crippen LogP contribution in [0.25, 0.3) is 16.6 Å². The molecule has 0 radical (unpaired) electrons. The summed E-state index contributed by atoms with van der Waals surface area (Å²) in [5.41, 5.74) is 3.04. The lowest BCUT2D eigenvalue weighted by molar-refractivity contribution is -0.149. The Morgan fingerprint density at radius 1 is 1.19 bits per heavy atom. The standard InChI is InChI=1S/C21H22ClN3O2/c1-2-27-21(26)15-5-3-14(4-6-15)20-18-11-12-23-13-19(18)25(24-20)17-9-7-16(22)8-10-17/h7-15H,2-6H2,1H3. The summed E-state index contributed by atoms with van der Waals surface area (Å²) in [6, 6.07) is 9.68. The largest absolute Gasteiger partial charge is 0.466 e. The number of rotatable bonds is 4. The number of aromatic nitrogens is 3. The highest BCUT2D eigenvalue weighted by atomic mass is 35.5. The van der Waals surface area contributed by atoms with E-state index < -0.39 is 0 Å². The van der Waals surface area contributed by atoms with Gasteiger partial charge in [-0.25, -0.2) is 4.68 Å². The zero-order chi connectivity index (χ0) is 18.8. The Labute approximate surface area is 163 Å². The molecule has 0 unspecified atom stereocenters. The molecule has 0 saturated heterocycles. The second-order valence-corrected chi connectivity index (χ2v) is 7.40. The first-order chi connectivity index (χ1) is 13.2. The number of halogens is 1. The van der Waals surface area contributed by atoms with Crippen LogP contribution in [0.5, 0.6) is 0 Å². The summed E-state index contributed by atoms with van der Waals surface area (Å²) in [6.45, 7) is 2.30. The van der Waals surface area contributed by atoms with Crippen LogP contribution in [-0.2, 0) is 9.53 Å². The smallest absolute Gasteiger partial charge is 0.308 e. The summed E-state index contributed by atoms with van der Waals surface area (Å²) in [6.07, 6.45) is 7.25. The molecule has 0 N–H and O–H groups in total.